The molecule has 28 heavy (non-hydrogen) atoms. The van der Waals surface area contributed by atoms with E-state index in [0.29, 0.717) is 43.6 Å². The molecule has 1 saturated carbocycles. The molecule has 0 atom stereocenters. The molecular weight excluding hydrogens is 378 g/mol. The minimum atomic E-state index is -3.23. The summed E-state index contributed by atoms with van der Waals surface area (Å²) >= 11 is 0. The summed E-state index contributed by atoms with van der Waals surface area (Å²) in [6, 6.07) is 7.24. The molecule has 0 unspecified atom stereocenters. The van der Waals surface area contributed by atoms with Crippen LogP contribution in [0.5, 0.6) is 0 Å². The van der Waals surface area contributed by atoms with Crippen molar-refractivity contribution in [1.29, 1.82) is 0 Å². The van der Waals surface area contributed by atoms with Crippen LogP contribution in [0.2, 0.25) is 0 Å². The van der Waals surface area contributed by atoms with Crippen molar-refractivity contribution < 1.29 is 18.0 Å². The van der Waals surface area contributed by atoms with Gasteiger partial charge in [0.2, 0.25) is 15.9 Å². The van der Waals surface area contributed by atoms with Crippen LogP contribution >= 0.6 is 0 Å². The first-order valence-electron chi connectivity index (χ1n) is 10.1. The Kier molecular flexibility index (Phi) is 6.72. The molecule has 3 rings (SSSR count). The molecule has 2 aliphatic rings. The first kappa shape index (κ1) is 20.8. The summed E-state index contributed by atoms with van der Waals surface area (Å²) in [5.74, 6) is -0.409. The number of benzene rings is 1. The minimum absolute atomic E-state index is 0.155. The number of carbonyl (C=O) groups excluding carboxylic acids is 2. The Bertz CT molecular complexity index is 812. The maximum absolute atomic E-state index is 12.7. The predicted molar refractivity (Wildman–Crippen MR) is 109 cm³/mol. The lowest BCUT2D eigenvalue weighted by Crippen LogP contribution is -2.42. The van der Waals surface area contributed by atoms with Crippen LogP contribution in [0, 0.1) is 5.92 Å². The number of piperidine rings is 1. The van der Waals surface area contributed by atoms with Gasteiger partial charge in [-0.2, -0.15) is 0 Å². The number of hydrogen-bond acceptors (Lipinski definition) is 4. The fourth-order valence-electron chi connectivity index (χ4n) is 3.37. The van der Waals surface area contributed by atoms with E-state index in [9.17, 15) is 18.0 Å². The second-order valence-electron chi connectivity index (χ2n) is 7.63. The van der Waals surface area contributed by atoms with E-state index in [1.54, 1.807) is 24.3 Å². The fraction of sp³-hybridized carbons (Fsp3) is 0.600. The lowest BCUT2D eigenvalue weighted by atomic mass is 9.97. The van der Waals surface area contributed by atoms with Crippen molar-refractivity contribution in [2.75, 3.05) is 24.2 Å². The van der Waals surface area contributed by atoms with Crippen molar-refractivity contribution in [2.45, 2.75) is 51.5 Å². The molecule has 1 aliphatic heterocycles. The molecule has 1 aromatic carbocycles. The van der Waals surface area contributed by atoms with E-state index in [4.69, 9.17) is 0 Å². The molecular formula is C20H29N3O4S. The second kappa shape index (κ2) is 9.05. The van der Waals surface area contributed by atoms with Crippen molar-refractivity contribution in [3.63, 3.8) is 0 Å². The Morgan fingerprint density at radius 1 is 1.11 bits per heavy atom. The third-order valence-corrected chi connectivity index (χ3v) is 7.27. The number of amides is 2. The maximum atomic E-state index is 12.7. The molecule has 0 aromatic heterocycles. The molecule has 0 radical (unpaired) electrons. The van der Waals surface area contributed by atoms with Gasteiger partial charge in [0.05, 0.1) is 17.0 Å². The lowest BCUT2D eigenvalue weighted by Gasteiger charge is -2.30. The molecule has 7 nitrogen and oxygen atoms in total. The summed E-state index contributed by atoms with van der Waals surface area (Å²) in [5, 5.41) is 5.81. The van der Waals surface area contributed by atoms with Crippen LogP contribution < -0.4 is 10.6 Å². The van der Waals surface area contributed by atoms with E-state index in [1.807, 2.05) is 6.92 Å². The molecule has 0 bridgehead atoms. The van der Waals surface area contributed by atoms with E-state index < -0.39 is 10.0 Å². The van der Waals surface area contributed by atoms with Gasteiger partial charge in [0.1, 0.15) is 0 Å². The van der Waals surface area contributed by atoms with Crippen LogP contribution in [0.3, 0.4) is 0 Å². The van der Waals surface area contributed by atoms with Crippen LogP contribution in [-0.4, -0.2) is 49.4 Å². The standard InChI is InChI=1S/C20H29N3O4S/c1-2-3-14-28(26,27)23-12-10-15(11-13-23)19(24)22-18-7-5-4-6-17(18)20(25)21-16-8-9-16/h4-7,15-16H,2-3,8-14H2,1H3,(H,21,25)(H,22,24). The van der Waals surface area contributed by atoms with Crippen molar-refractivity contribution in [3.05, 3.63) is 29.8 Å². The summed E-state index contributed by atoms with van der Waals surface area (Å²) in [4.78, 5) is 25.1. The summed E-state index contributed by atoms with van der Waals surface area (Å²) in [6.45, 7) is 2.71. The number of para-hydroxylation sites is 1. The third-order valence-electron chi connectivity index (χ3n) is 5.32. The van der Waals surface area contributed by atoms with Gasteiger partial charge in [-0.3, -0.25) is 9.59 Å². The number of nitrogens with one attached hydrogen (secondary N) is 2. The van der Waals surface area contributed by atoms with E-state index in [2.05, 4.69) is 10.6 Å². The molecule has 154 valence electrons. The van der Waals surface area contributed by atoms with E-state index in [0.717, 1.165) is 19.3 Å². The SMILES string of the molecule is CCCCS(=O)(=O)N1CCC(C(=O)Nc2ccccc2C(=O)NC2CC2)CC1. The van der Waals surface area contributed by atoms with Crippen molar-refractivity contribution in [3.8, 4) is 0 Å². The van der Waals surface area contributed by atoms with Gasteiger partial charge in [-0.15, -0.1) is 0 Å². The highest BCUT2D eigenvalue weighted by molar-refractivity contribution is 7.89. The Balaban J connectivity index is 1.57. The van der Waals surface area contributed by atoms with Crippen molar-refractivity contribution in [1.82, 2.24) is 9.62 Å². The van der Waals surface area contributed by atoms with Gasteiger partial charge in [-0.25, -0.2) is 12.7 Å². The topological polar surface area (TPSA) is 95.6 Å². The molecule has 2 amide bonds. The highest BCUT2D eigenvalue weighted by Gasteiger charge is 2.31. The Hall–Kier alpha value is -1.93. The zero-order chi connectivity index (χ0) is 20.1. The normalized spacial score (nSPS) is 18.6. The molecule has 0 spiro atoms. The van der Waals surface area contributed by atoms with Gasteiger partial charge in [0.15, 0.2) is 0 Å². The van der Waals surface area contributed by atoms with Crippen molar-refractivity contribution in [2.24, 2.45) is 5.92 Å². The lowest BCUT2D eigenvalue weighted by molar-refractivity contribution is -0.120. The van der Waals surface area contributed by atoms with Gasteiger partial charge >= 0.3 is 0 Å². The van der Waals surface area contributed by atoms with Crippen LogP contribution in [-0.2, 0) is 14.8 Å². The molecule has 2 N–H and O–H groups in total. The van der Waals surface area contributed by atoms with Crippen LogP contribution in [0.1, 0.15) is 55.8 Å². The van der Waals surface area contributed by atoms with E-state index in [-0.39, 0.29) is 29.5 Å². The zero-order valence-corrected chi connectivity index (χ0v) is 17.1. The van der Waals surface area contributed by atoms with Gasteiger partial charge < -0.3 is 10.6 Å². The second-order valence-corrected chi connectivity index (χ2v) is 9.71. The smallest absolute Gasteiger partial charge is 0.253 e. The average molecular weight is 408 g/mol. The highest BCUT2D eigenvalue weighted by Crippen LogP contribution is 2.24. The predicted octanol–water partition coefficient (Wildman–Crippen LogP) is 2.36. The van der Waals surface area contributed by atoms with Gasteiger partial charge in [-0.05, 0) is 44.2 Å². The molecule has 1 aromatic rings. The Morgan fingerprint density at radius 3 is 2.43 bits per heavy atom. The summed E-state index contributed by atoms with van der Waals surface area (Å²) < 4.78 is 26.1. The average Bonchev–Trinajstić information content (AvgIpc) is 3.51. The van der Waals surface area contributed by atoms with Gasteiger partial charge in [0, 0.05) is 25.0 Å². The molecule has 2 fully saturated rings. The number of sulfonamides is 1. The fourth-order valence-corrected chi connectivity index (χ4v) is 5.05. The maximum Gasteiger partial charge on any atom is 0.253 e. The van der Waals surface area contributed by atoms with Gasteiger partial charge in [-0.1, -0.05) is 25.5 Å². The Morgan fingerprint density at radius 2 is 1.79 bits per heavy atom. The number of hydrogen-bond donors (Lipinski definition) is 2. The molecule has 8 heteroatoms. The first-order chi connectivity index (χ1) is 13.4. The zero-order valence-electron chi connectivity index (χ0n) is 16.3. The van der Waals surface area contributed by atoms with Crippen molar-refractivity contribution >= 4 is 27.5 Å². The summed E-state index contributed by atoms with van der Waals surface area (Å²) in [7, 11) is -3.23. The highest BCUT2D eigenvalue weighted by atomic mass is 32.2. The van der Waals surface area contributed by atoms with E-state index >= 15 is 0 Å². The minimum Gasteiger partial charge on any atom is -0.349 e. The van der Waals surface area contributed by atoms with Crippen LogP contribution in [0.4, 0.5) is 5.69 Å². The third kappa shape index (κ3) is 5.32. The number of unbranched alkanes of at least 4 members (excludes halogenated alkanes) is 1. The summed E-state index contributed by atoms with van der Waals surface area (Å²) in [5.41, 5.74) is 0.964. The monoisotopic (exact) mass is 407 g/mol. The molecule has 1 aliphatic carbocycles. The van der Waals surface area contributed by atoms with Crippen LogP contribution in [0.15, 0.2) is 24.3 Å². The van der Waals surface area contributed by atoms with Gasteiger partial charge in [0.25, 0.3) is 5.91 Å². The molecule has 1 saturated heterocycles. The number of carbonyl (C=O) groups is 2. The van der Waals surface area contributed by atoms with Crippen LogP contribution in [0.25, 0.3) is 0 Å². The quantitative estimate of drug-likeness (QED) is 0.691. The number of nitrogens with zero attached hydrogens (tertiary/aromatic N) is 1. The Labute approximate surface area is 166 Å². The largest absolute Gasteiger partial charge is 0.349 e. The number of anilines is 1. The van der Waals surface area contributed by atoms with E-state index in [1.165, 1.54) is 4.31 Å². The first-order valence-corrected chi connectivity index (χ1v) is 11.7. The number of rotatable bonds is 8. The summed E-state index contributed by atoms with van der Waals surface area (Å²) in [6.07, 6.45) is 4.48. The molecule has 1 heterocycles.